The molecule has 0 aromatic heterocycles. The van der Waals surface area contributed by atoms with Gasteiger partial charge in [-0.15, -0.1) is 0 Å². The summed E-state index contributed by atoms with van der Waals surface area (Å²) in [6, 6.07) is 12.1. The molecule has 2 heteroatoms. The standard InChI is InChI=1S/C19H32N2/c1-16(14-18-12-8-5-9-13-20-18)21-15-19(2,3)17-10-6-4-7-11-17/h4,6-7,10-11,16,18,20-21H,5,8-9,12-15H2,1-3H3. The lowest BCUT2D eigenvalue weighted by Gasteiger charge is -2.29. The number of hydrogen-bond acceptors (Lipinski definition) is 2. The monoisotopic (exact) mass is 288 g/mol. The van der Waals surface area contributed by atoms with Gasteiger partial charge in [-0.25, -0.2) is 0 Å². The quantitative estimate of drug-likeness (QED) is 0.830. The van der Waals surface area contributed by atoms with Crippen LogP contribution in [0.1, 0.15) is 58.4 Å². The second-order valence-electron chi connectivity index (χ2n) is 7.27. The van der Waals surface area contributed by atoms with Gasteiger partial charge in [-0.3, -0.25) is 0 Å². The van der Waals surface area contributed by atoms with E-state index in [0.717, 1.165) is 6.54 Å². The molecule has 1 aromatic carbocycles. The van der Waals surface area contributed by atoms with Crippen molar-refractivity contribution in [3.8, 4) is 0 Å². The van der Waals surface area contributed by atoms with Gasteiger partial charge in [0, 0.05) is 24.0 Å². The highest BCUT2D eigenvalue weighted by molar-refractivity contribution is 5.23. The van der Waals surface area contributed by atoms with Gasteiger partial charge in [-0.05, 0) is 38.3 Å². The molecule has 2 nitrogen and oxygen atoms in total. The maximum absolute atomic E-state index is 3.75. The van der Waals surface area contributed by atoms with Gasteiger partial charge in [0.2, 0.25) is 0 Å². The summed E-state index contributed by atoms with van der Waals surface area (Å²) < 4.78 is 0. The van der Waals surface area contributed by atoms with Crippen LogP contribution in [0.3, 0.4) is 0 Å². The Morgan fingerprint density at radius 2 is 1.95 bits per heavy atom. The van der Waals surface area contributed by atoms with E-state index in [1.54, 1.807) is 0 Å². The van der Waals surface area contributed by atoms with Crippen molar-refractivity contribution in [2.24, 2.45) is 0 Å². The second-order valence-corrected chi connectivity index (χ2v) is 7.27. The number of benzene rings is 1. The molecule has 2 rings (SSSR count). The maximum Gasteiger partial charge on any atom is 0.00817 e. The van der Waals surface area contributed by atoms with E-state index in [4.69, 9.17) is 0 Å². The summed E-state index contributed by atoms with van der Waals surface area (Å²) in [5, 5.41) is 7.45. The van der Waals surface area contributed by atoms with Crippen LogP contribution in [-0.2, 0) is 5.41 Å². The maximum atomic E-state index is 3.75. The third-order valence-electron chi connectivity index (χ3n) is 4.75. The van der Waals surface area contributed by atoms with E-state index < -0.39 is 0 Å². The third kappa shape index (κ3) is 5.44. The van der Waals surface area contributed by atoms with Crippen molar-refractivity contribution in [3.63, 3.8) is 0 Å². The van der Waals surface area contributed by atoms with Crippen molar-refractivity contribution >= 4 is 0 Å². The summed E-state index contributed by atoms with van der Waals surface area (Å²) in [5.41, 5.74) is 1.60. The van der Waals surface area contributed by atoms with Gasteiger partial charge in [0.05, 0.1) is 0 Å². The molecule has 118 valence electrons. The van der Waals surface area contributed by atoms with Gasteiger partial charge in [0.1, 0.15) is 0 Å². The summed E-state index contributed by atoms with van der Waals surface area (Å²) in [6.45, 7) is 9.21. The largest absolute Gasteiger partial charge is 0.314 e. The molecule has 0 bridgehead atoms. The second kappa shape index (κ2) is 7.95. The predicted octanol–water partition coefficient (Wildman–Crippen LogP) is 3.86. The summed E-state index contributed by atoms with van der Waals surface area (Å²) in [5.74, 6) is 0. The molecule has 2 N–H and O–H groups in total. The van der Waals surface area contributed by atoms with Crippen LogP contribution in [0.4, 0.5) is 0 Å². The Balaban J connectivity index is 1.78. The normalized spacial score (nSPS) is 21.8. The van der Waals surface area contributed by atoms with Crippen LogP contribution in [0.2, 0.25) is 0 Å². The molecule has 2 atom stereocenters. The number of hydrogen-bond donors (Lipinski definition) is 2. The molecule has 0 saturated carbocycles. The fourth-order valence-electron chi connectivity index (χ4n) is 3.23. The highest BCUT2D eigenvalue weighted by Crippen LogP contribution is 2.22. The lowest BCUT2D eigenvalue weighted by molar-refractivity contribution is 0.370. The van der Waals surface area contributed by atoms with Gasteiger partial charge in [0.25, 0.3) is 0 Å². The Bertz CT molecular complexity index is 391. The molecular formula is C19H32N2. The molecule has 0 amide bonds. The van der Waals surface area contributed by atoms with E-state index in [0.29, 0.717) is 12.1 Å². The molecule has 2 unspecified atom stereocenters. The van der Waals surface area contributed by atoms with Gasteiger partial charge in [-0.1, -0.05) is 57.0 Å². The van der Waals surface area contributed by atoms with Gasteiger partial charge in [0.15, 0.2) is 0 Å². The zero-order valence-corrected chi connectivity index (χ0v) is 14.0. The van der Waals surface area contributed by atoms with Crippen molar-refractivity contribution in [1.82, 2.24) is 10.6 Å². The van der Waals surface area contributed by atoms with E-state index in [1.165, 1.54) is 44.2 Å². The van der Waals surface area contributed by atoms with Gasteiger partial charge >= 0.3 is 0 Å². The van der Waals surface area contributed by atoms with Crippen LogP contribution in [0.5, 0.6) is 0 Å². The van der Waals surface area contributed by atoms with E-state index in [9.17, 15) is 0 Å². The molecule has 1 saturated heterocycles. The summed E-state index contributed by atoms with van der Waals surface area (Å²) in [7, 11) is 0. The minimum absolute atomic E-state index is 0.187. The highest BCUT2D eigenvalue weighted by atomic mass is 15.0. The molecule has 0 spiro atoms. The van der Waals surface area contributed by atoms with Crippen LogP contribution in [0, 0.1) is 0 Å². The minimum Gasteiger partial charge on any atom is -0.314 e. The Labute approximate surface area is 130 Å². The smallest absolute Gasteiger partial charge is 0.00817 e. The summed E-state index contributed by atoms with van der Waals surface area (Å²) in [6.07, 6.45) is 6.71. The fourth-order valence-corrected chi connectivity index (χ4v) is 3.23. The molecular weight excluding hydrogens is 256 g/mol. The minimum atomic E-state index is 0.187. The third-order valence-corrected chi connectivity index (χ3v) is 4.75. The van der Waals surface area contributed by atoms with Crippen LogP contribution >= 0.6 is 0 Å². The first-order valence-corrected chi connectivity index (χ1v) is 8.60. The Hall–Kier alpha value is -0.860. The highest BCUT2D eigenvalue weighted by Gasteiger charge is 2.22. The first-order valence-electron chi connectivity index (χ1n) is 8.60. The van der Waals surface area contributed by atoms with E-state index in [1.807, 2.05) is 0 Å². The SMILES string of the molecule is CC(CC1CCCCCN1)NCC(C)(C)c1ccccc1. The first kappa shape index (κ1) is 16.5. The molecule has 1 aliphatic heterocycles. The number of rotatable bonds is 6. The molecule has 21 heavy (non-hydrogen) atoms. The Morgan fingerprint density at radius 3 is 2.71 bits per heavy atom. The zero-order valence-electron chi connectivity index (χ0n) is 14.0. The van der Waals surface area contributed by atoms with E-state index in [2.05, 4.69) is 61.7 Å². The van der Waals surface area contributed by atoms with Crippen molar-refractivity contribution in [3.05, 3.63) is 35.9 Å². The van der Waals surface area contributed by atoms with Crippen molar-refractivity contribution in [2.75, 3.05) is 13.1 Å². The topological polar surface area (TPSA) is 24.1 Å². The molecule has 1 heterocycles. The van der Waals surface area contributed by atoms with Crippen LogP contribution < -0.4 is 10.6 Å². The average molecular weight is 288 g/mol. The van der Waals surface area contributed by atoms with Gasteiger partial charge in [-0.2, -0.15) is 0 Å². The van der Waals surface area contributed by atoms with Crippen molar-refractivity contribution in [2.45, 2.75) is 70.4 Å². The van der Waals surface area contributed by atoms with Gasteiger partial charge < -0.3 is 10.6 Å². The van der Waals surface area contributed by atoms with Crippen molar-refractivity contribution in [1.29, 1.82) is 0 Å². The molecule has 1 fully saturated rings. The zero-order chi connectivity index (χ0) is 15.1. The Morgan fingerprint density at radius 1 is 1.19 bits per heavy atom. The molecule has 1 aromatic rings. The molecule has 0 radical (unpaired) electrons. The van der Waals surface area contributed by atoms with Crippen LogP contribution in [-0.4, -0.2) is 25.2 Å². The van der Waals surface area contributed by atoms with Crippen molar-refractivity contribution < 1.29 is 0 Å². The summed E-state index contributed by atoms with van der Waals surface area (Å²) in [4.78, 5) is 0. The number of nitrogens with one attached hydrogen (secondary N) is 2. The predicted molar refractivity (Wildman–Crippen MR) is 91.8 cm³/mol. The molecule has 0 aliphatic carbocycles. The van der Waals surface area contributed by atoms with E-state index in [-0.39, 0.29) is 5.41 Å². The lowest BCUT2D eigenvalue weighted by Crippen LogP contribution is -2.41. The molecule has 1 aliphatic rings. The fraction of sp³-hybridized carbons (Fsp3) is 0.684. The lowest BCUT2D eigenvalue weighted by atomic mass is 9.84. The average Bonchev–Trinajstić information content (AvgIpc) is 2.75. The van der Waals surface area contributed by atoms with Crippen LogP contribution in [0.15, 0.2) is 30.3 Å². The Kier molecular flexibility index (Phi) is 6.25. The van der Waals surface area contributed by atoms with E-state index >= 15 is 0 Å². The summed E-state index contributed by atoms with van der Waals surface area (Å²) >= 11 is 0. The van der Waals surface area contributed by atoms with Crippen LogP contribution in [0.25, 0.3) is 0 Å². The first-order chi connectivity index (χ1) is 10.1.